The number of hydrogen-bond acceptors (Lipinski definition) is 4. The van der Waals surface area contributed by atoms with Crippen LogP contribution in [0.5, 0.6) is 5.75 Å². The fourth-order valence-corrected chi connectivity index (χ4v) is 2.36. The summed E-state index contributed by atoms with van der Waals surface area (Å²) in [6.45, 7) is 0. The Morgan fingerprint density at radius 3 is 2.70 bits per heavy atom. The number of rotatable bonds is 4. The van der Waals surface area contributed by atoms with Gasteiger partial charge in [-0.1, -0.05) is 11.6 Å². The van der Waals surface area contributed by atoms with Gasteiger partial charge in [-0.2, -0.15) is 5.26 Å². The summed E-state index contributed by atoms with van der Waals surface area (Å²) in [4.78, 5) is 6.59. The Morgan fingerprint density at radius 1 is 1.35 bits per heavy atom. The van der Waals surface area contributed by atoms with Crippen LogP contribution in [0.1, 0.15) is 12.0 Å². The summed E-state index contributed by atoms with van der Waals surface area (Å²) >= 11 is 6.14. The van der Waals surface area contributed by atoms with Gasteiger partial charge in [0, 0.05) is 25.9 Å². The Bertz CT molecular complexity index is 677. The molecule has 0 saturated carbocycles. The second-order valence-electron chi connectivity index (χ2n) is 4.70. The predicted octanol–water partition coefficient (Wildman–Crippen LogP) is 3.42. The number of aromatic nitrogens is 1. The van der Waals surface area contributed by atoms with Crippen molar-refractivity contribution in [3.8, 4) is 11.8 Å². The van der Waals surface area contributed by atoms with Gasteiger partial charge in [-0.05, 0) is 30.2 Å². The maximum absolute atomic E-state index is 8.77. The second kappa shape index (κ2) is 5.98. The molecule has 20 heavy (non-hydrogen) atoms. The maximum Gasteiger partial charge on any atom is 0.138 e. The Morgan fingerprint density at radius 2 is 2.10 bits per heavy atom. The zero-order valence-electron chi connectivity index (χ0n) is 11.8. The highest BCUT2D eigenvalue weighted by Gasteiger charge is 2.11. The van der Waals surface area contributed by atoms with Gasteiger partial charge in [-0.15, -0.1) is 0 Å². The molecule has 0 amide bonds. The van der Waals surface area contributed by atoms with Crippen molar-refractivity contribution in [3.05, 3.63) is 28.8 Å². The van der Waals surface area contributed by atoms with Crippen LogP contribution < -0.4 is 9.64 Å². The van der Waals surface area contributed by atoms with Gasteiger partial charge in [0.05, 0.1) is 23.7 Å². The van der Waals surface area contributed by atoms with Crippen molar-refractivity contribution in [2.45, 2.75) is 12.8 Å². The fourth-order valence-electron chi connectivity index (χ4n) is 2.13. The van der Waals surface area contributed by atoms with E-state index in [2.05, 4.69) is 11.1 Å². The van der Waals surface area contributed by atoms with Gasteiger partial charge >= 0.3 is 0 Å². The number of ether oxygens (including phenoxy) is 1. The highest BCUT2D eigenvalue weighted by molar-refractivity contribution is 6.32. The van der Waals surface area contributed by atoms with E-state index in [0.29, 0.717) is 23.6 Å². The number of halogens is 1. The molecule has 0 aliphatic carbocycles. The molecular weight excluding hydrogens is 274 g/mol. The Labute approximate surface area is 123 Å². The first-order valence-corrected chi connectivity index (χ1v) is 6.66. The first kappa shape index (κ1) is 14.4. The zero-order valence-corrected chi connectivity index (χ0v) is 12.5. The summed E-state index contributed by atoms with van der Waals surface area (Å²) < 4.78 is 5.23. The number of hydrogen-bond donors (Lipinski definition) is 0. The smallest absolute Gasteiger partial charge is 0.138 e. The van der Waals surface area contributed by atoms with Gasteiger partial charge in [-0.3, -0.25) is 0 Å². The van der Waals surface area contributed by atoms with Crippen molar-refractivity contribution in [1.29, 1.82) is 5.26 Å². The van der Waals surface area contributed by atoms with Crippen molar-refractivity contribution in [1.82, 2.24) is 4.98 Å². The van der Waals surface area contributed by atoms with Crippen LogP contribution in [0.2, 0.25) is 5.02 Å². The number of fused-ring (bicyclic) bond motifs is 1. The van der Waals surface area contributed by atoms with Crippen molar-refractivity contribution in [2.24, 2.45) is 0 Å². The van der Waals surface area contributed by atoms with E-state index in [1.165, 1.54) is 0 Å². The first-order chi connectivity index (χ1) is 9.56. The number of nitriles is 1. The van der Waals surface area contributed by atoms with Crippen molar-refractivity contribution >= 4 is 28.3 Å². The quantitative estimate of drug-likeness (QED) is 0.865. The van der Waals surface area contributed by atoms with Gasteiger partial charge < -0.3 is 9.64 Å². The molecule has 1 heterocycles. The lowest BCUT2D eigenvalue weighted by molar-refractivity contribution is 0.415. The summed E-state index contributed by atoms with van der Waals surface area (Å²) in [6.07, 6.45) is 1.15. The molecule has 0 spiro atoms. The largest absolute Gasteiger partial charge is 0.495 e. The minimum absolute atomic E-state index is 0.471. The predicted molar refractivity (Wildman–Crippen MR) is 81.6 cm³/mol. The van der Waals surface area contributed by atoms with Gasteiger partial charge in [-0.25, -0.2) is 4.98 Å². The molecule has 0 aliphatic rings. The molecule has 0 atom stereocenters. The lowest BCUT2D eigenvalue weighted by atomic mass is 10.1. The molecule has 5 heteroatoms. The Hall–Kier alpha value is -1.99. The summed E-state index contributed by atoms with van der Waals surface area (Å²) in [6, 6.07) is 7.90. The molecule has 2 aromatic rings. The van der Waals surface area contributed by atoms with E-state index in [9.17, 15) is 0 Å². The van der Waals surface area contributed by atoms with Crippen molar-refractivity contribution in [2.75, 3.05) is 26.1 Å². The normalized spacial score (nSPS) is 10.3. The standard InChI is InChI=1S/C15H16ClN3O/c1-19(2)15-10(5-4-6-17)7-11-8-14(20-3)12(16)9-13(11)18-15/h7-9H,4-5H2,1-3H3. The van der Waals surface area contributed by atoms with Crippen LogP contribution in [0, 0.1) is 11.3 Å². The lowest BCUT2D eigenvalue weighted by Crippen LogP contribution is -2.13. The summed E-state index contributed by atoms with van der Waals surface area (Å²) in [5, 5.41) is 10.3. The molecule has 0 fully saturated rings. The molecule has 0 N–H and O–H groups in total. The number of nitrogens with zero attached hydrogens (tertiary/aromatic N) is 3. The molecule has 0 radical (unpaired) electrons. The van der Waals surface area contributed by atoms with E-state index >= 15 is 0 Å². The lowest BCUT2D eigenvalue weighted by Gasteiger charge is -2.17. The summed E-state index contributed by atoms with van der Waals surface area (Å²) in [7, 11) is 5.47. The average molecular weight is 290 g/mol. The minimum Gasteiger partial charge on any atom is -0.495 e. The molecule has 0 saturated heterocycles. The highest BCUT2D eigenvalue weighted by Crippen LogP contribution is 2.31. The monoisotopic (exact) mass is 289 g/mol. The number of aryl methyl sites for hydroxylation is 1. The van der Waals surface area contributed by atoms with Crippen LogP contribution in [0.4, 0.5) is 5.82 Å². The SMILES string of the molecule is COc1cc2cc(CCC#N)c(N(C)C)nc2cc1Cl. The van der Waals surface area contributed by atoms with Crippen molar-refractivity contribution < 1.29 is 4.74 Å². The Kier molecular flexibility index (Phi) is 4.31. The third-order valence-corrected chi connectivity index (χ3v) is 3.37. The van der Waals surface area contributed by atoms with Crippen LogP contribution >= 0.6 is 11.6 Å². The van der Waals surface area contributed by atoms with E-state index < -0.39 is 0 Å². The Balaban J connectivity index is 2.62. The minimum atomic E-state index is 0.471. The van der Waals surface area contributed by atoms with E-state index in [0.717, 1.165) is 22.3 Å². The zero-order chi connectivity index (χ0) is 14.7. The molecule has 4 nitrogen and oxygen atoms in total. The third-order valence-electron chi connectivity index (χ3n) is 3.07. The summed E-state index contributed by atoms with van der Waals surface area (Å²) in [5.74, 6) is 1.50. The second-order valence-corrected chi connectivity index (χ2v) is 5.11. The third kappa shape index (κ3) is 2.78. The number of benzene rings is 1. The van der Waals surface area contributed by atoms with E-state index in [1.54, 1.807) is 13.2 Å². The van der Waals surface area contributed by atoms with Gasteiger partial charge in [0.1, 0.15) is 11.6 Å². The molecule has 0 unspecified atom stereocenters. The molecule has 1 aromatic carbocycles. The van der Waals surface area contributed by atoms with Crippen LogP contribution in [0.15, 0.2) is 18.2 Å². The molecule has 0 aliphatic heterocycles. The van der Waals surface area contributed by atoms with Gasteiger partial charge in [0.25, 0.3) is 0 Å². The molecule has 104 valence electrons. The molecule has 0 bridgehead atoms. The first-order valence-electron chi connectivity index (χ1n) is 6.28. The van der Waals surface area contributed by atoms with Crippen LogP contribution in [0.25, 0.3) is 10.9 Å². The topological polar surface area (TPSA) is 49.1 Å². The van der Waals surface area contributed by atoms with Crippen molar-refractivity contribution in [3.63, 3.8) is 0 Å². The highest BCUT2D eigenvalue weighted by atomic mass is 35.5. The van der Waals surface area contributed by atoms with Gasteiger partial charge in [0.15, 0.2) is 0 Å². The van der Waals surface area contributed by atoms with Crippen LogP contribution in [0.3, 0.4) is 0 Å². The maximum atomic E-state index is 8.77. The number of anilines is 1. The van der Waals surface area contributed by atoms with E-state index in [4.69, 9.17) is 21.6 Å². The number of pyridine rings is 1. The molecular formula is C15H16ClN3O. The van der Waals surface area contributed by atoms with Crippen LogP contribution in [-0.4, -0.2) is 26.2 Å². The summed E-state index contributed by atoms with van der Waals surface area (Å²) in [5.41, 5.74) is 1.87. The van der Waals surface area contributed by atoms with E-state index in [-0.39, 0.29) is 0 Å². The average Bonchev–Trinajstić information content (AvgIpc) is 2.43. The molecule has 2 rings (SSSR count). The van der Waals surface area contributed by atoms with Crippen LogP contribution in [-0.2, 0) is 6.42 Å². The molecule has 1 aromatic heterocycles. The van der Waals surface area contributed by atoms with Gasteiger partial charge in [0.2, 0.25) is 0 Å². The van der Waals surface area contributed by atoms with E-state index in [1.807, 2.05) is 31.1 Å². The number of methoxy groups -OCH3 is 1. The fraction of sp³-hybridized carbons (Fsp3) is 0.333.